The van der Waals surface area contributed by atoms with Crippen LogP contribution < -0.4 is 0 Å². The molecule has 4 rings (SSSR count). The van der Waals surface area contributed by atoms with E-state index in [0.717, 1.165) is 24.7 Å². The lowest BCUT2D eigenvalue weighted by Gasteiger charge is -2.41. The first kappa shape index (κ1) is 18.1. The van der Waals surface area contributed by atoms with E-state index in [1.165, 1.54) is 51.6 Å². The van der Waals surface area contributed by atoms with Gasteiger partial charge in [0.15, 0.2) is 0 Å². The highest BCUT2D eigenvalue weighted by atomic mass is 16.5. The number of carbonyl (C=O) groups is 1. The van der Waals surface area contributed by atoms with Crippen LogP contribution in [-0.4, -0.2) is 65.7 Å². The van der Waals surface area contributed by atoms with Gasteiger partial charge >= 0.3 is 0 Å². The van der Waals surface area contributed by atoms with Gasteiger partial charge in [0.25, 0.3) is 5.91 Å². The van der Waals surface area contributed by atoms with Crippen molar-refractivity contribution in [1.29, 1.82) is 0 Å². The number of ether oxygens (including phenoxy) is 1. The van der Waals surface area contributed by atoms with E-state index >= 15 is 0 Å². The highest BCUT2D eigenvalue weighted by Crippen LogP contribution is 2.45. The molecule has 1 amide bonds. The fourth-order valence-electron chi connectivity index (χ4n) is 5.57. The Hall–Kier alpha value is -1.33. The van der Waals surface area contributed by atoms with Crippen molar-refractivity contribution in [3.63, 3.8) is 0 Å². The molecule has 3 heterocycles. The van der Waals surface area contributed by atoms with Gasteiger partial charge in [-0.3, -0.25) is 4.79 Å². The summed E-state index contributed by atoms with van der Waals surface area (Å²) in [6.07, 6.45) is 11.1. The topological polar surface area (TPSA) is 37.7 Å². The summed E-state index contributed by atoms with van der Waals surface area (Å²) in [7, 11) is 3.70. The van der Waals surface area contributed by atoms with Gasteiger partial charge in [-0.2, -0.15) is 0 Å². The van der Waals surface area contributed by atoms with Crippen molar-refractivity contribution >= 4 is 5.91 Å². The quantitative estimate of drug-likeness (QED) is 0.830. The molecule has 26 heavy (non-hydrogen) atoms. The molecule has 1 aromatic heterocycles. The molecule has 0 bridgehead atoms. The normalized spacial score (nSPS) is 26.8. The number of aromatic nitrogens is 1. The zero-order chi connectivity index (χ0) is 18.1. The minimum absolute atomic E-state index is 0.162. The molecule has 144 valence electrons. The van der Waals surface area contributed by atoms with Crippen LogP contribution in [0, 0.1) is 5.41 Å². The predicted molar refractivity (Wildman–Crippen MR) is 102 cm³/mol. The van der Waals surface area contributed by atoms with Crippen LogP contribution in [0.15, 0.2) is 18.3 Å². The zero-order valence-corrected chi connectivity index (χ0v) is 16.3. The number of hydrogen-bond acceptors (Lipinski definition) is 3. The number of likely N-dealkylation sites (tertiary alicyclic amines) is 2. The molecular weight excluding hydrogens is 326 g/mol. The van der Waals surface area contributed by atoms with E-state index in [1.54, 1.807) is 7.11 Å². The summed E-state index contributed by atoms with van der Waals surface area (Å²) in [5, 5.41) is 0. The Labute approximate surface area is 157 Å². The average molecular weight is 360 g/mol. The van der Waals surface area contributed by atoms with Gasteiger partial charge in [0.2, 0.25) is 0 Å². The van der Waals surface area contributed by atoms with Gasteiger partial charge in [-0.25, -0.2) is 0 Å². The molecule has 0 N–H and O–H groups in total. The minimum Gasteiger partial charge on any atom is -0.383 e. The van der Waals surface area contributed by atoms with Crippen LogP contribution in [0.2, 0.25) is 0 Å². The maximum atomic E-state index is 13.2. The van der Waals surface area contributed by atoms with Crippen LogP contribution in [0.4, 0.5) is 0 Å². The van der Waals surface area contributed by atoms with E-state index in [9.17, 15) is 4.79 Å². The van der Waals surface area contributed by atoms with Crippen LogP contribution in [0.5, 0.6) is 0 Å². The number of methoxy groups -OCH3 is 1. The number of amides is 1. The second kappa shape index (κ2) is 7.35. The number of carbonyl (C=O) groups excluding carboxylic acids is 1. The van der Waals surface area contributed by atoms with Crippen molar-refractivity contribution in [2.75, 3.05) is 33.4 Å². The van der Waals surface area contributed by atoms with E-state index in [0.29, 0.717) is 12.0 Å². The van der Waals surface area contributed by atoms with Crippen LogP contribution in [0.25, 0.3) is 0 Å². The lowest BCUT2D eigenvalue weighted by molar-refractivity contribution is 0.0583. The molecule has 3 fully saturated rings. The van der Waals surface area contributed by atoms with E-state index in [4.69, 9.17) is 4.74 Å². The van der Waals surface area contributed by atoms with Gasteiger partial charge < -0.3 is 19.1 Å². The molecule has 1 atom stereocenters. The molecule has 1 aromatic rings. The Bertz CT molecular complexity index is 627. The highest BCUT2D eigenvalue weighted by molar-refractivity contribution is 5.93. The van der Waals surface area contributed by atoms with Crippen LogP contribution in [-0.2, 0) is 11.8 Å². The fraction of sp³-hybridized carbons (Fsp3) is 0.762. The van der Waals surface area contributed by atoms with Gasteiger partial charge in [-0.1, -0.05) is 12.8 Å². The molecule has 5 heteroatoms. The van der Waals surface area contributed by atoms with E-state index in [-0.39, 0.29) is 11.9 Å². The summed E-state index contributed by atoms with van der Waals surface area (Å²) in [5.74, 6) is 0.162. The zero-order valence-electron chi connectivity index (χ0n) is 16.3. The van der Waals surface area contributed by atoms with Gasteiger partial charge in [-0.05, 0) is 62.7 Å². The summed E-state index contributed by atoms with van der Waals surface area (Å²) < 4.78 is 7.41. The summed E-state index contributed by atoms with van der Waals surface area (Å²) in [4.78, 5) is 18.0. The molecule has 0 aromatic carbocycles. The van der Waals surface area contributed by atoms with Crippen LogP contribution in [0.1, 0.15) is 55.4 Å². The standard InChI is InChI=1S/C21H33N3O2/c1-22-11-5-8-19(22)20(25)24-16-21(14-18(24)15-26-2)9-12-23(13-10-21)17-6-3-4-7-17/h5,8,11,17-18H,3-4,6-7,9-10,12-16H2,1-2H3/t18-/m0/s1. The van der Waals surface area contributed by atoms with Gasteiger partial charge in [-0.15, -0.1) is 0 Å². The number of aryl methyl sites for hydroxylation is 1. The van der Waals surface area contributed by atoms with E-state index in [2.05, 4.69) is 9.80 Å². The monoisotopic (exact) mass is 359 g/mol. The second-order valence-corrected chi connectivity index (χ2v) is 8.72. The molecule has 5 nitrogen and oxygen atoms in total. The van der Waals surface area contributed by atoms with Crippen molar-refractivity contribution in [1.82, 2.24) is 14.4 Å². The summed E-state index contributed by atoms with van der Waals surface area (Å²) in [5.41, 5.74) is 1.07. The van der Waals surface area contributed by atoms with Crippen molar-refractivity contribution in [2.24, 2.45) is 12.5 Å². The molecule has 2 aliphatic heterocycles. The maximum Gasteiger partial charge on any atom is 0.270 e. The number of piperidine rings is 1. The third-order valence-corrected chi connectivity index (χ3v) is 7.10. The largest absolute Gasteiger partial charge is 0.383 e. The number of nitrogens with zero attached hydrogens (tertiary/aromatic N) is 3. The summed E-state index contributed by atoms with van der Waals surface area (Å²) >= 11 is 0. The van der Waals surface area contributed by atoms with Crippen molar-refractivity contribution < 1.29 is 9.53 Å². The first-order valence-corrected chi connectivity index (χ1v) is 10.3. The number of rotatable bonds is 4. The van der Waals surface area contributed by atoms with Crippen molar-refractivity contribution in [2.45, 2.75) is 57.0 Å². The highest BCUT2D eigenvalue weighted by Gasteiger charge is 2.48. The third kappa shape index (κ3) is 3.31. The second-order valence-electron chi connectivity index (χ2n) is 8.72. The van der Waals surface area contributed by atoms with E-state index < -0.39 is 0 Å². The fourth-order valence-corrected chi connectivity index (χ4v) is 5.57. The van der Waals surface area contributed by atoms with Crippen molar-refractivity contribution in [3.8, 4) is 0 Å². The van der Waals surface area contributed by atoms with Crippen LogP contribution in [0.3, 0.4) is 0 Å². The number of hydrogen-bond donors (Lipinski definition) is 0. The molecule has 1 saturated carbocycles. The van der Waals surface area contributed by atoms with Gasteiger partial charge in [0.05, 0.1) is 12.6 Å². The molecule has 0 unspecified atom stereocenters. The average Bonchev–Trinajstić information content (AvgIpc) is 3.37. The molecular formula is C21H33N3O2. The van der Waals surface area contributed by atoms with Crippen LogP contribution >= 0.6 is 0 Å². The molecule has 0 radical (unpaired) electrons. The lowest BCUT2D eigenvalue weighted by atomic mass is 9.76. The predicted octanol–water partition coefficient (Wildman–Crippen LogP) is 2.91. The first-order chi connectivity index (χ1) is 12.6. The molecule has 3 aliphatic rings. The maximum absolute atomic E-state index is 13.2. The third-order valence-electron chi connectivity index (χ3n) is 7.10. The summed E-state index contributed by atoms with van der Waals surface area (Å²) in [6.45, 7) is 3.95. The van der Waals surface area contributed by atoms with Gasteiger partial charge in [0, 0.05) is 32.9 Å². The van der Waals surface area contributed by atoms with Gasteiger partial charge in [0.1, 0.15) is 5.69 Å². The lowest BCUT2D eigenvalue weighted by Crippen LogP contribution is -2.45. The first-order valence-electron chi connectivity index (χ1n) is 10.3. The van der Waals surface area contributed by atoms with E-state index in [1.807, 2.05) is 29.9 Å². The molecule has 2 saturated heterocycles. The Kier molecular flexibility index (Phi) is 5.11. The Morgan fingerprint density at radius 1 is 1.27 bits per heavy atom. The SMILES string of the molecule is COC[C@@H]1CC2(CCN(C3CCCC3)CC2)CN1C(=O)c1cccn1C. The van der Waals surface area contributed by atoms with Crippen molar-refractivity contribution in [3.05, 3.63) is 24.0 Å². The Morgan fingerprint density at radius 3 is 2.62 bits per heavy atom. The minimum atomic E-state index is 0.162. The molecule has 1 spiro atoms. The summed E-state index contributed by atoms with van der Waals surface area (Å²) in [6, 6.07) is 4.91. The smallest absolute Gasteiger partial charge is 0.270 e. The Morgan fingerprint density at radius 2 is 2.00 bits per heavy atom. The molecule has 1 aliphatic carbocycles. The Balaban J connectivity index is 1.45.